The summed E-state index contributed by atoms with van der Waals surface area (Å²) in [5.41, 5.74) is 0.484. The van der Waals surface area contributed by atoms with Crippen molar-refractivity contribution in [2.45, 2.75) is 30.1 Å². The molecule has 0 spiro atoms. The normalized spacial score (nSPS) is 16.6. The van der Waals surface area contributed by atoms with Gasteiger partial charge in [0.05, 0.1) is 17.6 Å². The monoisotopic (exact) mass is 439 g/mol. The van der Waals surface area contributed by atoms with Crippen molar-refractivity contribution in [1.29, 1.82) is 0 Å². The van der Waals surface area contributed by atoms with E-state index in [1.807, 2.05) is 0 Å². The second-order valence-electron chi connectivity index (χ2n) is 7.18. The number of halogens is 2. The topological polar surface area (TPSA) is 88.6 Å². The number of methoxy groups -OCH3 is 1. The number of hydrogen-bond donors (Lipinski definition) is 1. The molecule has 10 heteroatoms. The lowest BCUT2D eigenvalue weighted by Crippen LogP contribution is -2.29. The van der Waals surface area contributed by atoms with Crippen molar-refractivity contribution in [3.63, 3.8) is 0 Å². The minimum Gasteiger partial charge on any atom is -0.481 e. The number of anilines is 2. The Hall–Kier alpha value is -2.75. The molecule has 1 aromatic carbocycles. The molecule has 0 aliphatic carbocycles. The summed E-state index contributed by atoms with van der Waals surface area (Å²) in [6, 6.07) is 8.91. The molecule has 1 aliphatic rings. The van der Waals surface area contributed by atoms with Crippen LogP contribution in [0, 0.1) is 0 Å². The maximum Gasteiger partial charge on any atom is 0.259 e. The number of nitrogens with one attached hydrogen (secondary N) is 1. The van der Waals surface area contributed by atoms with Gasteiger partial charge in [0.2, 0.25) is 11.8 Å². The maximum absolute atomic E-state index is 13.8. The first-order valence-electron chi connectivity index (χ1n) is 9.38. The molecule has 1 aromatic heterocycles. The number of carbonyl (C=O) groups is 1. The van der Waals surface area contributed by atoms with Crippen molar-refractivity contribution < 1.29 is 26.7 Å². The Balaban J connectivity index is 1.91. The van der Waals surface area contributed by atoms with Gasteiger partial charge in [-0.05, 0) is 30.7 Å². The molecule has 1 saturated heterocycles. The van der Waals surface area contributed by atoms with Crippen LogP contribution in [0.15, 0.2) is 41.3 Å². The Kier molecular flexibility index (Phi) is 6.25. The number of carbonyl (C=O) groups excluding carboxylic acids is 1. The van der Waals surface area contributed by atoms with Crippen molar-refractivity contribution in [2.24, 2.45) is 0 Å². The van der Waals surface area contributed by atoms with Crippen LogP contribution < -0.4 is 15.0 Å². The van der Waals surface area contributed by atoms with E-state index in [2.05, 4.69) is 10.3 Å². The number of benzene rings is 1. The molecular formula is C20H23F2N3O4S. The van der Waals surface area contributed by atoms with Crippen molar-refractivity contribution in [3.05, 3.63) is 42.0 Å². The summed E-state index contributed by atoms with van der Waals surface area (Å²) >= 11 is 0. The minimum absolute atomic E-state index is 0.0526. The average Bonchev–Trinajstić information content (AvgIpc) is 2.87. The number of aromatic nitrogens is 1. The van der Waals surface area contributed by atoms with Gasteiger partial charge in [0, 0.05) is 43.9 Å². The number of rotatable bonds is 5. The molecule has 2 aromatic rings. The predicted octanol–water partition coefficient (Wildman–Crippen LogP) is 3.37. The molecule has 0 bridgehead atoms. The van der Waals surface area contributed by atoms with E-state index in [-0.39, 0.29) is 48.0 Å². The largest absolute Gasteiger partial charge is 0.481 e. The van der Waals surface area contributed by atoms with E-state index in [0.717, 1.165) is 6.26 Å². The first-order chi connectivity index (χ1) is 14.1. The summed E-state index contributed by atoms with van der Waals surface area (Å²) in [7, 11) is -2.00. The molecule has 1 aliphatic heterocycles. The zero-order chi connectivity index (χ0) is 21.9. The van der Waals surface area contributed by atoms with Crippen molar-refractivity contribution >= 4 is 27.2 Å². The van der Waals surface area contributed by atoms with E-state index in [9.17, 15) is 22.0 Å². The van der Waals surface area contributed by atoms with Gasteiger partial charge < -0.3 is 15.0 Å². The van der Waals surface area contributed by atoms with Crippen LogP contribution in [0.1, 0.15) is 29.6 Å². The highest BCUT2D eigenvalue weighted by Crippen LogP contribution is 2.31. The average molecular weight is 439 g/mol. The van der Waals surface area contributed by atoms with Gasteiger partial charge in [0.25, 0.3) is 5.91 Å². The van der Waals surface area contributed by atoms with Gasteiger partial charge in [0.1, 0.15) is 5.82 Å². The third-order valence-electron chi connectivity index (χ3n) is 4.84. The van der Waals surface area contributed by atoms with E-state index >= 15 is 0 Å². The maximum atomic E-state index is 13.8. The van der Waals surface area contributed by atoms with Gasteiger partial charge in [-0.1, -0.05) is 6.07 Å². The first kappa shape index (κ1) is 21.9. The highest BCUT2D eigenvalue weighted by molar-refractivity contribution is 7.90. The second-order valence-corrected chi connectivity index (χ2v) is 9.19. The fourth-order valence-electron chi connectivity index (χ4n) is 3.24. The predicted molar refractivity (Wildman–Crippen MR) is 109 cm³/mol. The number of ether oxygens (including phenoxy) is 1. The molecule has 7 nitrogen and oxygen atoms in total. The third kappa shape index (κ3) is 5.24. The first-order valence-corrected chi connectivity index (χ1v) is 11.3. The number of amides is 1. The summed E-state index contributed by atoms with van der Waals surface area (Å²) in [6.07, 6.45) is 0.800. The van der Waals surface area contributed by atoms with Crippen LogP contribution in [0.25, 0.3) is 0 Å². The van der Waals surface area contributed by atoms with Gasteiger partial charge in [0.15, 0.2) is 9.84 Å². The van der Waals surface area contributed by atoms with Gasteiger partial charge >= 0.3 is 0 Å². The molecule has 0 unspecified atom stereocenters. The molecule has 162 valence electrons. The molecule has 1 N–H and O–H groups in total. The molecule has 2 heterocycles. The molecular weight excluding hydrogens is 416 g/mol. The van der Waals surface area contributed by atoms with Gasteiger partial charge in [-0.15, -0.1) is 0 Å². The Morgan fingerprint density at radius 2 is 1.97 bits per heavy atom. The van der Waals surface area contributed by atoms with E-state index in [1.54, 1.807) is 11.0 Å². The van der Waals surface area contributed by atoms with Crippen LogP contribution in [0.5, 0.6) is 5.88 Å². The molecule has 1 fully saturated rings. The highest BCUT2D eigenvalue weighted by atomic mass is 32.2. The number of alkyl halides is 2. The zero-order valence-electron chi connectivity index (χ0n) is 16.7. The van der Waals surface area contributed by atoms with Gasteiger partial charge in [-0.25, -0.2) is 17.2 Å². The molecule has 0 radical (unpaired) electrons. The Labute approximate surface area is 174 Å². The summed E-state index contributed by atoms with van der Waals surface area (Å²) < 4.78 is 56.2. The molecule has 0 atom stereocenters. The smallest absolute Gasteiger partial charge is 0.259 e. The van der Waals surface area contributed by atoms with E-state index in [4.69, 9.17) is 4.74 Å². The number of sulfone groups is 1. The van der Waals surface area contributed by atoms with E-state index in [0.29, 0.717) is 12.2 Å². The SMILES string of the molecule is COc1ccc(C(=O)Nc2cccc(S(C)(=O)=O)c2)c(N2CCCC(F)(F)CC2)n1. The van der Waals surface area contributed by atoms with E-state index in [1.165, 1.54) is 37.4 Å². The number of nitrogens with zero attached hydrogens (tertiary/aromatic N) is 2. The van der Waals surface area contributed by atoms with Gasteiger partial charge in [-0.3, -0.25) is 4.79 Å². The van der Waals surface area contributed by atoms with Crippen molar-refractivity contribution in [1.82, 2.24) is 4.98 Å². The van der Waals surface area contributed by atoms with Crippen molar-refractivity contribution in [2.75, 3.05) is 36.7 Å². The van der Waals surface area contributed by atoms with Crippen molar-refractivity contribution in [3.8, 4) is 5.88 Å². The lowest BCUT2D eigenvalue weighted by Gasteiger charge is -2.24. The van der Waals surface area contributed by atoms with Crippen LogP contribution in [0.4, 0.5) is 20.3 Å². The summed E-state index contributed by atoms with van der Waals surface area (Å²) in [5.74, 6) is -2.76. The summed E-state index contributed by atoms with van der Waals surface area (Å²) in [4.78, 5) is 19.0. The quantitative estimate of drug-likeness (QED) is 0.769. The van der Waals surface area contributed by atoms with Crippen LogP contribution in [0.3, 0.4) is 0 Å². The Bertz CT molecular complexity index is 1040. The van der Waals surface area contributed by atoms with Crippen LogP contribution in [-0.4, -0.2) is 51.7 Å². The molecule has 0 saturated carbocycles. The minimum atomic E-state index is -3.43. The second kappa shape index (κ2) is 8.55. The summed E-state index contributed by atoms with van der Waals surface area (Å²) in [5, 5.41) is 2.66. The van der Waals surface area contributed by atoms with Crippen LogP contribution in [0.2, 0.25) is 0 Å². The third-order valence-corrected chi connectivity index (χ3v) is 5.95. The zero-order valence-corrected chi connectivity index (χ0v) is 17.5. The Morgan fingerprint density at radius 1 is 1.20 bits per heavy atom. The molecule has 1 amide bonds. The number of hydrogen-bond acceptors (Lipinski definition) is 6. The number of pyridine rings is 1. The summed E-state index contributed by atoms with van der Waals surface area (Å²) in [6.45, 7) is 0.386. The molecule has 3 rings (SSSR count). The Morgan fingerprint density at radius 3 is 2.67 bits per heavy atom. The van der Waals surface area contributed by atoms with E-state index < -0.39 is 21.7 Å². The lowest BCUT2D eigenvalue weighted by atomic mass is 10.1. The fourth-order valence-corrected chi connectivity index (χ4v) is 3.91. The van der Waals surface area contributed by atoms with Crippen LogP contribution in [-0.2, 0) is 9.84 Å². The highest BCUT2D eigenvalue weighted by Gasteiger charge is 2.33. The fraction of sp³-hybridized carbons (Fsp3) is 0.400. The van der Waals surface area contributed by atoms with Gasteiger partial charge in [-0.2, -0.15) is 4.98 Å². The standard InChI is InChI=1S/C20H23F2N3O4S/c1-29-17-8-7-16(18(24-17)25-11-4-9-20(21,22)10-12-25)19(26)23-14-5-3-6-15(13-14)30(2,27)28/h3,5-8,13H,4,9-12H2,1-2H3,(H,23,26). The molecule has 30 heavy (non-hydrogen) atoms. The lowest BCUT2D eigenvalue weighted by molar-refractivity contribution is -0.0102. The van der Waals surface area contributed by atoms with Crippen LogP contribution >= 0.6 is 0 Å².